The zero-order valence-corrected chi connectivity index (χ0v) is 12.3. The predicted molar refractivity (Wildman–Crippen MR) is 82.2 cm³/mol. The minimum Gasteiger partial charge on any atom is -0.308 e. The Hall–Kier alpha value is -1.50. The van der Waals surface area contributed by atoms with E-state index in [0.717, 1.165) is 20.5 Å². The summed E-state index contributed by atoms with van der Waals surface area (Å²) < 4.78 is 1.06. The molecule has 0 saturated carbocycles. The summed E-state index contributed by atoms with van der Waals surface area (Å²) in [7, 11) is 0. The molecule has 2 aromatic heterocycles. The number of hydrogen-bond donors (Lipinski definition) is 2. The number of benzene rings is 1. The van der Waals surface area contributed by atoms with E-state index in [9.17, 15) is 0 Å². The third-order valence-corrected chi connectivity index (χ3v) is 4.12. The average molecular weight is 335 g/mol. The van der Waals surface area contributed by atoms with E-state index in [1.54, 1.807) is 11.3 Å². The number of aromatic nitrogens is 2. The third-order valence-electron chi connectivity index (χ3n) is 2.78. The number of hydrazine groups is 1. The van der Waals surface area contributed by atoms with Crippen LogP contribution in [0.2, 0.25) is 0 Å². The van der Waals surface area contributed by atoms with Gasteiger partial charge in [0.15, 0.2) is 5.82 Å². The van der Waals surface area contributed by atoms with Gasteiger partial charge in [0.05, 0.1) is 5.39 Å². The number of hydrogen-bond acceptors (Lipinski definition) is 5. The Bertz CT molecular complexity index is 708. The highest BCUT2D eigenvalue weighted by Gasteiger charge is 2.08. The molecule has 0 fully saturated rings. The van der Waals surface area contributed by atoms with Crippen LogP contribution < -0.4 is 11.3 Å². The molecule has 96 valence electrons. The number of anilines is 1. The van der Waals surface area contributed by atoms with Gasteiger partial charge < -0.3 is 5.43 Å². The maximum Gasteiger partial charge on any atom is 0.152 e. The lowest BCUT2D eigenvalue weighted by Gasteiger charge is -2.05. The van der Waals surface area contributed by atoms with Gasteiger partial charge in [0.2, 0.25) is 0 Å². The second-order valence-electron chi connectivity index (χ2n) is 4.08. The molecule has 1 aromatic carbocycles. The van der Waals surface area contributed by atoms with Crippen molar-refractivity contribution in [3.63, 3.8) is 0 Å². The number of thiophene rings is 1. The Balaban J connectivity index is 1.98. The molecular formula is C13H11BrN4S. The largest absolute Gasteiger partial charge is 0.308 e. The normalized spacial score (nSPS) is 10.8. The number of nitrogens with two attached hydrogens (primary N) is 1. The topological polar surface area (TPSA) is 63.8 Å². The zero-order valence-electron chi connectivity index (χ0n) is 9.93. The summed E-state index contributed by atoms with van der Waals surface area (Å²) in [6.45, 7) is 0. The second kappa shape index (κ2) is 5.24. The lowest BCUT2D eigenvalue weighted by atomic mass is 10.1. The minimum atomic E-state index is 0.679. The molecule has 0 radical (unpaired) electrons. The molecule has 0 aliphatic carbocycles. The highest BCUT2D eigenvalue weighted by atomic mass is 79.9. The fourth-order valence-electron chi connectivity index (χ4n) is 1.87. The van der Waals surface area contributed by atoms with Crippen molar-refractivity contribution in [3.05, 3.63) is 51.6 Å². The van der Waals surface area contributed by atoms with Crippen LogP contribution in [0.25, 0.3) is 10.2 Å². The number of nitrogen functional groups attached to an aromatic ring is 1. The van der Waals surface area contributed by atoms with Crippen molar-refractivity contribution in [2.45, 2.75) is 6.42 Å². The van der Waals surface area contributed by atoms with Gasteiger partial charge in [-0.1, -0.05) is 28.1 Å². The van der Waals surface area contributed by atoms with Crippen LogP contribution in [0.15, 0.2) is 40.2 Å². The summed E-state index contributed by atoms with van der Waals surface area (Å²) in [6.07, 6.45) is 0.690. The first kappa shape index (κ1) is 12.5. The van der Waals surface area contributed by atoms with Gasteiger partial charge in [0.1, 0.15) is 10.7 Å². The molecule has 19 heavy (non-hydrogen) atoms. The standard InChI is InChI=1S/C13H11BrN4S/c14-9-3-1-8(2-4-9)7-11-16-12(18-15)10-5-6-19-13(10)17-11/h1-6H,7,15H2,(H,16,17,18). The maximum absolute atomic E-state index is 5.52. The van der Waals surface area contributed by atoms with Crippen LogP contribution >= 0.6 is 27.3 Å². The van der Waals surface area contributed by atoms with Crippen LogP contribution in [0.1, 0.15) is 11.4 Å². The number of fused-ring (bicyclic) bond motifs is 1. The molecule has 2 heterocycles. The Morgan fingerprint density at radius 1 is 1.16 bits per heavy atom. The maximum atomic E-state index is 5.52. The molecule has 0 unspecified atom stereocenters. The molecule has 0 spiro atoms. The van der Waals surface area contributed by atoms with E-state index in [1.807, 2.05) is 23.6 Å². The molecule has 0 aliphatic rings. The smallest absolute Gasteiger partial charge is 0.152 e. The van der Waals surface area contributed by atoms with Crippen LogP contribution in [0.5, 0.6) is 0 Å². The van der Waals surface area contributed by atoms with Gasteiger partial charge in [-0.15, -0.1) is 11.3 Å². The summed E-state index contributed by atoms with van der Waals surface area (Å²) in [5, 5.41) is 2.95. The first-order chi connectivity index (χ1) is 9.26. The SMILES string of the molecule is NNc1nc(Cc2ccc(Br)cc2)nc2sccc12. The molecule has 0 saturated heterocycles. The van der Waals surface area contributed by atoms with Crippen molar-refractivity contribution in [1.82, 2.24) is 9.97 Å². The van der Waals surface area contributed by atoms with Crippen LogP contribution in [0.4, 0.5) is 5.82 Å². The Kier molecular flexibility index (Phi) is 3.46. The first-order valence-corrected chi connectivity index (χ1v) is 7.39. The van der Waals surface area contributed by atoms with E-state index in [0.29, 0.717) is 12.2 Å². The van der Waals surface area contributed by atoms with Crippen LogP contribution in [-0.2, 0) is 6.42 Å². The van der Waals surface area contributed by atoms with E-state index >= 15 is 0 Å². The number of nitrogens with one attached hydrogen (secondary N) is 1. The number of halogens is 1. The molecule has 3 N–H and O–H groups in total. The zero-order chi connectivity index (χ0) is 13.2. The molecule has 0 amide bonds. The predicted octanol–water partition coefficient (Wildman–Crippen LogP) is 3.33. The fourth-order valence-corrected chi connectivity index (χ4v) is 2.92. The van der Waals surface area contributed by atoms with E-state index in [1.165, 1.54) is 5.56 Å². The fraction of sp³-hybridized carbons (Fsp3) is 0.0769. The van der Waals surface area contributed by atoms with Crippen molar-refractivity contribution < 1.29 is 0 Å². The number of nitrogens with zero attached hydrogens (tertiary/aromatic N) is 2. The van der Waals surface area contributed by atoms with Crippen molar-refractivity contribution in [2.75, 3.05) is 5.43 Å². The monoisotopic (exact) mass is 334 g/mol. The van der Waals surface area contributed by atoms with Gasteiger partial charge >= 0.3 is 0 Å². The summed E-state index contributed by atoms with van der Waals surface area (Å²) in [5.41, 5.74) is 3.81. The highest BCUT2D eigenvalue weighted by molar-refractivity contribution is 9.10. The Morgan fingerprint density at radius 3 is 2.68 bits per heavy atom. The Morgan fingerprint density at radius 2 is 1.95 bits per heavy atom. The van der Waals surface area contributed by atoms with E-state index < -0.39 is 0 Å². The van der Waals surface area contributed by atoms with Crippen LogP contribution in [-0.4, -0.2) is 9.97 Å². The summed E-state index contributed by atoms with van der Waals surface area (Å²) in [4.78, 5) is 9.97. The van der Waals surface area contributed by atoms with Gasteiger partial charge in [-0.05, 0) is 29.1 Å². The minimum absolute atomic E-state index is 0.679. The van der Waals surface area contributed by atoms with Gasteiger partial charge in [-0.2, -0.15) is 0 Å². The molecular weight excluding hydrogens is 324 g/mol. The first-order valence-electron chi connectivity index (χ1n) is 5.71. The van der Waals surface area contributed by atoms with Crippen LogP contribution in [0, 0.1) is 0 Å². The molecule has 4 nitrogen and oxygen atoms in total. The Labute approximate surface area is 122 Å². The average Bonchev–Trinajstić information content (AvgIpc) is 2.89. The quantitative estimate of drug-likeness (QED) is 0.569. The van der Waals surface area contributed by atoms with Gasteiger partial charge in [-0.25, -0.2) is 15.8 Å². The van der Waals surface area contributed by atoms with E-state index in [2.05, 4.69) is 43.5 Å². The van der Waals surface area contributed by atoms with Crippen molar-refractivity contribution in [2.24, 2.45) is 5.84 Å². The molecule has 3 rings (SSSR count). The molecule has 0 atom stereocenters. The van der Waals surface area contributed by atoms with Gasteiger partial charge in [0.25, 0.3) is 0 Å². The van der Waals surface area contributed by atoms with Crippen LogP contribution in [0.3, 0.4) is 0 Å². The van der Waals surface area contributed by atoms with Gasteiger partial charge in [-0.3, -0.25) is 0 Å². The van der Waals surface area contributed by atoms with Crippen molar-refractivity contribution in [3.8, 4) is 0 Å². The molecule has 3 aromatic rings. The highest BCUT2D eigenvalue weighted by Crippen LogP contribution is 2.25. The molecule has 0 aliphatic heterocycles. The third kappa shape index (κ3) is 2.60. The lowest BCUT2D eigenvalue weighted by molar-refractivity contribution is 0.993. The molecule has 6 heteroatoms. The summed E-state index contributed by atoms with van der Waals surface area (Å²) in [5.74, 6) is 6.96. The summed E-state index contributed by atoms with van der Waals surface area (Å²) >= 11 is 5.01. The summed E-state index contributed by atoms with van der Waals surface area (Å²) in [6, 6.07) is 10.1. The van der Waals surface area contributed by atoms with Crippen molar-refractivity contribution in [1.29, 1.82) is 0 Å². The number of rotatable bonds is 3. The lowest BCUT2D eigenvalue weighted by Crippen LogP contribution is -2.10. The van der Waals surface area contributed by atoms with E-state index in [4.69, 9.17) is 5.84 Å². The molecule has 0 bridgehead atoms. The van der Waals surface area contributed by atoms with Gasteiger partial charge in [0, 0.05) is 10.9 Å². The second-order valence-corrected chi connectivity index (χ2v) is 5.89. The van der Waals surface area contributed by atoms with Crippen molar-refractivity contribution >= 4 is 43.3 Å². The van der Waals surface area contributed by atoms with E-state index in [-0.39, 0.29) is 0 Å².